The Morgan fingerprint density at radius 2 is 1.81 bits per heavy atom. The van der Waals surface area contributed by atoms with Gasteiger partial charge in [0, 0.05) is 17.8 Å². The van der Waals surface area contributed by atoms with Crippen LogP contribution in [0.4, 0.5) is 8.78 Å². The van der Waals surface area contributed by atoms with Crippen molar-refractivity contribution in [3.8, 4) is 22.8 Å². The molecule has 0 radical (unpaired) electrons. The molecule has 4 rings (SSSR count). The van der Waals surface area contributed by atoms with Crippen LogP contribution in [0.2, 0.25) is 0 Å². The highest BCUT2D eigenvalue weighted by molar-refractivity contribution is 5.89. The van der Waals surface area contributed by atoms with Crippen molar-refractivity contribution in [3.63, 3.8) is 0 Å². The first kappa shape index (κ1) is 20.8. The molecule has 2 aromatic carbocycles. The molecule has 0 saturated heterocycles. The SMILES string of the molecule is COC(=O)c1cc(F)c(COc2cccc(-c3ccc(OCC4CC4)nc3)c2)c(F)c1. The van der Waals surface area contributed by atoms with Crippen molar-refractivity contribution < 1.29 is 27.8 Å². The lowest BCUT2D eigenvalue weighted by Gasteiger charge is -2.11. The second-order valence-corrected chi connectivity index (χ2v) is 7.37. The third-order valence-electron chi connectivity index (χ3n) is 5.01. The molecule has 1 aliphatic carbocycles. The predicted octanol–water partition coefficient (Wildman–Crippen LogP) is 5.18. The summed E-state index contributed by atoms with van der Waals surface area (Å²) in [6.45, 7) is 0.373. The minimum atomic E-state index is -0.873. The van der Waals surface area contributed by atoms with Crippen molar-refractivity contribution in [1.29, 1.82) is 0 Å². The molecule has 0 bridgehead atoms. The van der Waals surface area contributed by atoms with Crippen LogP contribution >= 0.6 is 0 Å². The normalized spacial score (nSPS) is 13.0. The fourth-order valence-corrected chi connectivity index (χ4v) is 3.02. The zero-order chi connectivity index (χ0) is 21.8. The van der Waals surface area contributed by atoms with Gasteiger partial charge >= 0.3 is 5.97 Å². The van der Waals surface area contributed by atoms with Gasteiger partial charge in [0.05, 0.1) is 24.8 Å². The van der Waals surface area contributed by atoms with Crippen LogP contribution in [0, 0.1) is 17.6 Å². The molecule has 31 heavy (non-hydrogen) atoms. The summed E-state index contributed by atoms with van der Waals surface area (Å²) in [7, 11) is 1.15. The molecule has 0 N–H and O–H groups in total. The number of rotatable bonds is 8. The molecule has 3 aromatic rings. The molecule has 7 heteroatoms. The Morgan fingerprint density at radius 1 is 1.03 bits per heavy atom. The maximum atomic E-state index is 14.3. The van der Waals surface area contributed by atoms with E-state index in [1.807, 2.05) is 18.2 Å². The molecule has 0 spiro atoms. The third-order valence-corrected chi connectivity index (χ3v) is 5.01. The van der Waals surface area contributed by atoms with E-state index in [1.54, 1.807) is 24.4 Å². The number of esters is 1. The number of benzene rings is 2. The van der Waals surface area contributed by atoms with Gasteiger partial charge in [-0.15, -0.1) is 0 Å². The first-order valence-corrected chi connectivity index (χ1v) is 9.92. The first-order valence-electron chi connectivity index (χ1n) is 9.92. The number of pyridine rings is 1. The average molecular weight is 425 g/mol. The summed E-state index contributed by atoms with van der Waals surface area (Å²) in [4.78, 5) is 15.8. The van der Waals surface area contributed by atoms with Crippen LogP contribution in [0.1, 0.15) is 28.8 Å². The largest absolute Gasteiger partial charge is 0.489 e. The minimum Gasteiger partial charge on any atom is -0.489 e. The Kier molecular flexibility index (Phi) is 6.11. The van der Waals surface area contributed by atoms with Crippen LogP contribution in [0.5, 0.6) is 11.6 Å². The molecule has 1 aliphatic rings. The maximum Gasteiger partial charge on any atom is 0.338 e. The number of aromatic nitrogens is 1. The molecule has 0 aliphatic heterocycles. The average Bonchev–Trinajstić information content (AvgIpc) is 3.61. The Bertz CT molecular complexity index is 1060. The van der Waals surface area contributed by atoms with E-state index in [-0.39, 0.29) is 17.7 Å². The number of hydrogen-bond acceptors (Lipinski definition) is 5. The lowest BCUT2D eigenvalue weighted by atomic mass is 10.1. The minimum absolute atomic E-state index is 0.194. The van der Waals surface area contributed by atoms with E-state index in [9.17, 15) is 13.6 Å². The van der Waals surface area contributed by atoms with Crippen LogP contribution < -0.4 is 9.47 Å². The summed E-state index contributed by atoms with van der Waals surface area (Å²) < 4.78 is 44.3. The molecule has 0 amide bonds. The third kappa shape index (κ3) is 5.17. The van der Waals surface area contributed by atoms with Crippen molar-refractivity contribution in [1.82, 2.24) is 4.98 Å². The maximum absolute atomic E-state index is 14.3. The molecule has 5 nitrogen and oxygen atoms in total. The van der Waals surface area contributed by atoms with Crippen LogP contribution in [0.3, 0.4) is 0 Å². The van der Waals surface area contributed by atoms with Gasteiger partial charge in [-0.05, 0) is 54.7 Å². The number of methoxy groups -OCH3 is 1. The van der Waals surface area contributed by atoms with Crippen LogP contribution in [0.15, 0.2) is 54.7 Å². The molecular formula is C24H21F2NO4. The number of halogens is 2. The standard InChI is InChI=1S/C24H21F2NO4/c1-29-24(28)18-10-21(25)20(22(26)11-18)14-30-19-4-2-3-16(9-19)17-7-8-23(27-12-17)31-13-15-5-6-15/h2-4,7-12,15H,5-6,13-14H2,1H3. The van der Waals surface area contributed by atoms with Gasteiger partial charge in [-0.2, -0.15) is 0 Å². The molecule has 160 valence electrons. The number of nitrogens with zero attached hydrogens (tertiary/aromatic N) is 1. The van der Waals surface area contributed by atoms with Gasteiger partial charge in [0.1, 0.15) is 24.0 Å². The highest BCUT2D eigenvalue weighted by Gasteiger charge is 2.22. The fourth-order valence-electron chi connectivity index (χ4n) is 3.02. The molecule has 1 fully saturated rings. The lowest BCUT2D eigenvalue weighted by Crippen LogP contribution is -2.07. The monoisotopic (exact) mass is 425 g/mol. The molecule has 0 atom stereocenters. The van der Waals surface area contributed by atoms with Crippen molar-refractivity contribution >= 4 is 5.97 Å². The summed E-state index contributed by atoms with van der Waals surface area (Å²) in [5.74, 6) is -0.867. The first-order chi connectivity index (χ1) is 15.0. The number of hydrogen-bond donors (Lipinski definition) is 0. The molecule has 1 aromatic heterocycles. The van der Waals surface area contributed by atoms with Gasteiger partial charge in [0.25, 0.3) is 0 Å². The van der Waals surface area contributed by atoms with E-state index < -0.39 is 17.6 Å². The lowest BCUT2D eigenvalue weighted by molar-refractivity contribution is 0.0599. The van der Waals surface area contributed by atoms with Crippen LogP contribution in [-0.4, -0.2) is 24.7 Å². The molecule has 1 saturated carbocycles. The van der Waals surface area contributed by atoms with E-state index in [2.05, 4.69) is 9.72 Å². The molecule has 1 heterocycles. The van der Waals surface area contributed by atoms with Crippen molar-refractivity contribution in [3.05, 3.63) is 77.5 Å². The van der Waals surface area contributed by atoms with Gasteiger partial charge in [0.2, 0.25) is 5.88 Å². The van der Waals surface area contributed by atoms with Crippen LogP contribution in [0.25, 0.3) is 11.1 Å². The van der Waals surface area contributed by atoms with Crippen molar-refractivity contribution in [2.45, 2.75) is 19.4 Å². The Morgan fingerprint density at radius 3 is 2.45 bits per heavy atom. The summed E-state index contributed by atoms with van der Waals surface area (Å²) in [5.41, 5.74) is 1.25. The molecule has 0 unspecified atom stereocenters. The van der Waals surface area contributed by atoms with Gasteiger partial charge in [-0.3, -0.25) is 0 Å². The van der Waals surface area contributed by atoms with E-state index >= 15 is 0 Å². The van der Waals surface area contributed by atoms with Crippen molar-refractivity contribution in [2.24, 2.45) is 5.92 Å². The molecular weight excluding hydrogens is 404 g/mol. The van der Waals surface area contributed by atoms with Gasteiger partial charge in [-0.1, -0.05) is 12.1 Å². The quantitative estimate of drug-likeness (QED) is 0.466. The fraction of sp³-hybridized carbons (Fsp3) is 0.250. The second kappa shape index (κ2) is 9.12. The van der Waals surface area contributed by atoms with E-state index in [1.165, 1.54) is 12.8 Å². The number of ether oxygens (including phenoxy) is 3. The summed E-state index contributed by atoms with van der Waals surface area (Å²) in [5, 5.41) is 0. The summed E-state index contributed by atoms with van der Waals surface area (Å²) in [6, 6.07) is 12.7. The Balaban J connectivity index is 1.43. The van der Waals surface area contributed by atoms with Gasteiger partial charge in [0.15, 0.2) is 0 Å². The van der Waals surface area contributed by atoms with Crippen molar-refractivity contribution in [2.75, 3.05) is 13.7 Å². The number of carbonyl (C=O) groups is 1. The second-order valence-electron chi connectivity index (χ2n) is 7.37. The van der Waals surface area contributed by atoms with E-state index in [0.717, 1.165) is 30.4 Å². The Hall–Kier alpha value is -3.48. The number of carbonyl (C=O) groups excluding carboxylic acids is 1. The summed E-state index contributed by atoms with van der Waals surface area (Å²) in [6.07, 6.45) is 4.15. The van der Waals surface area contributed by atoms with E-state index in [4.69, 9.17) is 9.47 Å². The highest BCUT2D eigenvalue weighted by atomic mass is 19.1. The van der Waals surface area contributed by atoms with E-state index in [0.29, 0.717) is 24.2 Å². The van der Waals surface area contributed by atoms with Gasteiger partial charge in [-0.25, -0.2) is 18.6 Å². The Labute approximate surface area is 178 Å². The topological polar surface area (TPSA) is 57.7 Å². The summed E-state index contributed by atoms with van der Waals surface area (Å²) >= 11 is 0. The zero-order valence-electron chi connectivity index (χ0n) is 16.9. The van der Waals surface area contributed by atoms with Gasteiger partial charge < -0.3 is 14.2 Å². The van der Waals surface area contributed by atoms with Crippen LogP contribution in [-0.2, 0) is 11.3 Å². The zero-order valence-corrected chi connectivity index (χ0v) is 16.9. The smallest absolute Gasteiger partial charge is 0.338 e. The highest BCUT2D eigenvalue weighted by Crippen LogP contribution is 2.30. The predicted molar refractivity (Wildman–Crippen MR) is 110 cm³/mol.